The standard InChI is InChI=1S/C27H28N6O4/c1-5-11-37-22-10-9-17(13-23(22)36-4)20-14-24(34)30-26-25(20)16(2)32-33(26)27-29-21(15-28-31-27)18-7-6-8-19(12-18)35-3/h6-10,12-13,15,20H,5,11,14H2,1-4H3,(H,30,34)/t20-/m0/s1. The second kappa shape index (κ2) is 10.3. The van der Waals surface area contributed by atoms with Crippen molar-refractivity contribution in [3.8, 4) is 34.5 Å². The number of carbonyl (C=O) groups is 1. The molecule has 2 aromatic carbocycles. The average Bonchev–Trinajstić information content (AvgIpc) is 3.27. The molecule has 1 atom stereocenters. The number of rotatable bonds is 8. The molecule has 10 nitrogen and oxygen atoms in total. The molecule has 4 aromatic rings. The number of carbonyl (C=O) groups excluding carboxylic acids is 1. The van der Waals surface area contributed by atoms with E-state index in [1.54, 1.807) is 25.1 Å². The summed E-state index contributed by atoms with van der Waals surface area (Å²) in [6.07, 6.45) is 2.75. The van der Waals surface area contributed by atoms with Gasteiger partial charge in [-0.05, 0) is 43.2 Å². The van der Waals surface area contributed by atoms with E-state index in [2.05, 4.69) is 27.4 Å². The van der Waals surface area contributed by atoms with Gasteiger partial charge in [0.15, 0.2) is 11.5 Å². The van der Waals surface area contributed by atoms with Crippen LogP contribution in [-0.2, 0) is 4.79 Å². The van der Waals surface area contributed by atoms with Gasteiger partial charge in [-0.3, -0.25) is 4.79 Å². The molecule has 0 saturated carbocycles. The highest BCUT2D eigenvalue weighted by atomic mass is 16.5. The lowest BCUT2D eigenvalue weighted by atomic mass is 9.85. The Kier molecular flexibility index (Phi) is 6.72. The Morgan fingerprint density at radius 3 is 2.76 bits per heavy atom. The van der Waals surface area contributed by atoms with Crippen LogP contribution in [0.25, 0.3) is 17.2 Å². The van der Waals surface area contributed by atoms with Crippen LogP contribution in [0, 0.1) is 6.92 Å². The fourth-order valence-electron chi connectivity index (χ4n) is 4.51. The van der Waals surface area contributed by atoms with Crippen molar-refractivity contribution in [2.24, 2.45) is 0 Å². The summed E-state index contributed by atoms with van der Waals surface area (Å²) in [6, 6.07) is 13.3. The summed E-state index contributed by atoms with van der Waals surface area (Å²) in [5.74, 6) is 2.46. The number of amides is 1. The van der Waals surface area contributed by atoms with E-state index in [4.69, 9.17) is 19.3 Å². The van der Waals surface area contributed by atoms with Crippen LogP contribution in [0.5, 0.6) is 17.2 Å². The van der Waals surface area contributed by atoms with Gasteiger partial charge in [0.2, 0.25) is 5.91 Å². The molecular formula is C27H28N6O4. The van der Waals surface area contributed by atoms with E-state index in [9.17, 15) is 4.79 Å². The van der Waals surface area contributed by atoms with Crippen molar-refractivity contribution in [3.63, 3.8) is 0 Å². The Morgan fingerprint density at radius 1 is 1.11 bits per heavy atom. The molecule has 0 spiro atoms. The molecule has 190 valence electrons. The molecule has 1 aliphatic heterocycles. The maximum atomic E-state index is 12.8. The van der Waals surface area contributed by atoms with Gasteiger partial charge >= 0.3 is 0 Å². The van der Waals surface area contributed by atoms with Crippen LogP contribution in [0.15, 0.2) is 48.7 Å². The molecule has 0 bridgehead atoms. The van der Waals surface area contributed by atoms with Gasteiger partial charge in [-0.1, -0.05) is 25.1 Å². The maximum absolute atomic E-state index is 12.8. The van der Waals surface area contributed by atoms with Gasteiger partial charge in [0.25, 0.3) is 5.95 Å². The number of methoxy groups -OCH3 is 2. The third-order valence-corrected chi connectivity index (χ3v) is 6.26. The number of ether oxygens (including phenoxy) is 3. The van der Waals surface area contributed by atoms with Crippen molar-refractivity contribution in [1.29, 1.82) is 0 Å². The summed E-state index contributed by atoms with van der Waals surface area (Å²) < 4.78 is 18.3. The van der Waals surface area contributed by atoms with Gasteiger partial charge in [-0.2, -0.15) is 14.9 Å². The predicted octanol–water partition coefficient (Wildman–Crippen LogP) is 4.31. The number of nitrogens with zero attached hydrogens (tertiary/aromatic N) is 5. The number of nitrogens with one attached hydrogen (secondary N) is 1. The topological polar surface area (TPSA) is 113 Å². The largest absolute Gasteiger partial charge is 0.497 e. The lowest BCUT2D eigenvalue weighted by Crippen LogP contribution is -2.25. The first-order valence-electron chi connectivity index (χ1n) is 12.1. The minimum atomic E-state index is -0.221. The summed E-state index contributed by atoms with van der Waals surface area (Å²) in [5.41, 5.74) is 4.04. The Balaban J connectivity index is 1.55. The number of aryl methyl sites for hydroxylation is 1. The van der Waals surface area contributed by atoms with E-state index < -0.39 is 0 Å². The smallest absolute Gasteiger partial charge is 0.272 e. The number of aromatic nitrogens is 5. The number of hydrogen-bond donors (Lipinski definition) is 1. The molecule has 3 heterocycles. The van der Waals surface area contributed by atoms with Crippen molar-refractivity contribution in [3.05, 3.63) is 65.5 Å². The lowest BCUT2D eigenvalue weighted by Gasteiger charge is -2.25. The zero-order chi connectivity index (χ0) is 25.9. The number of anilines is 1. The molecule has 5 rings (SSSR count). The number of hydrogen-bond acceptors (Lipinski definition) is 8. The van der Waals surface area contributed by atoms with Crippen molar-refractivity contribution in [1.82, 2.24) is 25.0 Å². The molecule has 10 heteroatoms. The number of fused-ring (bicyclic) bond motifs is 1. The van der Waals surface area contributed by atoms with E-state index in [1.165, 1.54) is 0 Å². The molecular weight excluding hydrogens is 472 g/mol. The van der Waals surface area contributed by atoms with Crippen molar-refractivity contribution < 1.29 is 19.0 Å². The molecule has 0 saturated heterocycles. The highest BCUT2D eigenvalue weighted by Gasteiger charge is 2.34. The van der Waals surface area contributed by atoms with Gasteiger partial charge in [-0.25, -0.2) is 4.98 Å². The van der Waals surface area contributed by atoms with E-state index in [0.29, 0.717) is 35.4 Å². The zero-order valence-electron chi connectivity index (χ0n) is 21.2. The van der Waals surface area contributed by atoms with E-state index in [-0.39, 0.29) is 24.2 Å². The van der Waals surface area contributed by atoms with Gasteiger partial charge < -0.3 is 19.5 Å². The molecule has 1 amide bonds. The van der Waals surface area contributed by atoms with Crippen molar-refractivity contribution in [2.45, 2.75) is 32.6 Å². The second-order valence-corrected chi connectivity index (χ2v) is 8.70. The third-order valence-electron chi connectivity index (χ3n) is 6.26. The summed E-state index contributed by atoms with van der Waals surface area (Å²) in [7, 11) is 3.22. The summed E-state index contributed by atoms with van der Waals surface area (Å²) in [6.45, 7) is 4.56. The predicted molar refractivity (Wildman–Crippen MR) is 138 cm³/mol. The molecule has 1 aliphatic rings. The van der Waals surface area contributed by atoms with Crippen LogP contribution >= 0.6 is 0 Å². The molecule has 37 heavy (non-hydrogen) atoms. The quantitative estimate of drug-likeness (QED) is 0.381. The third kappa shape index (κ3) is 4.69. The van der Waals surface area contributed by atoms with Crippen molar-refractivity contribution in [2.75, 3.05) is 26.1 Å². The van der Waals surface area contributed by atoms with Crippen LogP contribution in [-0.4, -0.2) is 51.7 Å². The average molecular weight is 501 g/mol. The molecule has 0 aliphatic carbocycles. The summed E-state index contributed by atoms with van der Waals surface area (Å²) in [4.78, 5) is 17.5. The SMILES string of the molecule is CCCOc1ccc([C@@H]2CC(=O)Nc3c2c(C)nn3-c2nncc(-c3cccc(OC)c3)n2)cc1OC. The first kappa shape index (κ1) is 24.2. The maximum Gasteiger partial charge on any atom is 0.272 e. The first-order valence-corrected chi connectivity index (χ1v) is 12.1. The molecule has 0 unspecified atom stereocenters. The number of benzene rings is 2. The van der Waals surface area contributed by atoms with Crippen LogP contribution in [0.2, 0.25) is 0 Å². The minimum absolute atomic E-state index is 0.124. The molecule has 0 radical (unpaired) electrons. The highest BCUT2D eigenvalue weighted by molar-refractivity contribution is 5.95. The van der Waals surface area contributed by atoms with Crippen LogP contribution in [0.4, 0.5) is 5.82 Å². The fourth-order valence-corrected chi connectivity index (χ4v) is 4.51. The highest BCUT2D eigenvalue weighted by Crippen LogP contribution is 2.42. The lowest BCUT2D eigenvalue weighted by molar-refractivity contribution is -0.116. The van der Waals surface area contributed by atoms with Gasteiger partial charge in [0, 0.05) is 23.5 Å². The summed E-state index contributed by atoms with van der Waals surface area (Å²) in [5, 5.41) is 16.0. The Morgan fingerprint density at radius 2 is 1.97 bits per heavy atom. The molecule has 2 aromatic heterocycles. The van der Waals surface area contributed by atoms with E-state index >= 15 is 0 Å². The Bertz CT molecular complexity index is 1450. The second-order valence-electron chi connectivity index (χ2n) is 8.70. The Labute approximate surface area is 214 Å². The summed E-state index contributed by atoms with van der Waals surface area (Å²) >= 11 is 0. The normalized spacial score (nSPS) is 14.6. The molecule has 0 fully saturated rings. The molecule has 1 N–H and O–H groups in total. The van der Waals surface area contributed by atoms with Gasteiger partial charge in [0.1, 0.15) is 11.6 Å². The monoisotopic (exact) mass is 500 g/mol. The van der Waals surface area contributed by atoms with E-state index in [0.717, 1.165) is 28.8 Å². The minimum Gasteiger partial charge on any atom is -0.497 e. The first-order chi connectivity index (χ1) is 18.0. The van der Waals surface area contributed by atoms with Crippen LogP contribution in [0.1, 0.15) is 42.5 Å². The van der Waals surface area contributed by atoms with E-state index in [1.807, 2.05) is 49.4 Å². The van der Waals surface area contributed by atoms with Gasteiger partial charge in [0.05, 0.1) is 38.4 Å². The van der Waals surface area contributed by atoms with Crippen LogP contribution in [0.3, 0.4) is 0 Å². The van der Waals surface area contributed by atoms with Gasteiger partial charge in [-0.15, -0.1) is 5.10 Å². The van der Waals surface area contributed by atoms with Crippen molar-refractivity contribution >= 4 is 11.7 Å². The zero-order valence-corrected chi connectivity index (χ0v) is 21.2. The van der Waals surface area contributed by atoms with Crippen LogP contribution < -0.4 is 19.5 Å². The Hall–Kier alpha value is -4.47. The fraction of sp³-hybridized carbons (Fsp3) is 0.296.